The van der Waals surface area contributed by atoms with Crippen molar-refractivity contribution in [1.29, 1.82) is 0 Å². The Bertz CT molecular complexity index is 342. The number of hydrogen-bond donors (Lipinski definition) is 1. The second-order valence-electron chi connectivity index (χ2n) is 5.89. The van der Waals surface area contributed by atoms with E-state index in [1.807, 2.05) is 13.8 Å². The number of β-amino-alcohol motifs (C(OH)–C–C–N with tert-alkyl or cyclic N) is 1. The van der Waals surface area contributed by atoms with E-state index in [0.29, 0.717) is 0 Å². The molecule has 0 bridgehead atoms. The third-order valence-electron chi connectivity index (χ3n) is 3.35. The number of benzene rings is 1. The average molecular weight is 233 g/mol. The number of aliphatic hydroxyl groups is 1. The van der Waals surface area contributed by atoms with Crippen LogP contribution < -0.4 is 0 Å². The zero-order chi connectivity index (χ0) is 12.3. The summed E-state index contributed by atoms with van der Waals surface area (Å²) in [5, 5.41) is 9.81. The van der Waals surface area contributed by atoms with Crippen molar-refractivity contribution in [3.63, 3.8) is 0 Å². The molecule has 1 saturated heterocycles. The largest absolute Gasteiger partial charge is 0.389 e. The molecule has 0 amide bonds. The molecular weight excluding hydrogens is 210 g/mol. The Labute approximate surface area is 104 Å². The molecule has 1 aromatic rings. The van der Waals surface area contributed by atoms with Crippen molar-refractivity contribution in [1.82, 2.24) is 4.90 Å². The van der Waals surface area contributed by atoms with Crippen LogP contribution >= 0.6 is 0 Å². The van der Waals surface area contributed by atoms with Gasteiger partial charge < -0.3 is 10.0 Å². The summed E-state index contributed by atoms with van der Waals surface area (Å²) < 4.78 is 0. The lowest BCUT2D eigenvalue weighted by Crippen LogP contribution is -2.37. The molecule has 1 unspecified atom stereocenters. The minimum Gasteiger partial charge on any atom is -0.389 e. The molecular formula is C15H23NO. The van der Waals surface area contributed by atoms with Gasteiger partial charge in [-0.05, 0) is 44.7 Å². The van der Waals surface area contributed by atoms with Gasteiger partial charge in [0, 0.05) is 13.1 Å². The molecule has 1 aliphatic heterocycles. The van der Waals surface area contributed by atoms with E-state index in [1.54, 1.807) is 0 Å². The van der Waals surface area contributed by atoms with E-state index in [0.717, 1.165) is 25.6 Å². The van der Waals surface area contributed by atoms with Crippen molar-refractivity contribution in [3.8, 4) is 0 Å². The van der Waals surface area contributed by atoms with E-state index in [1.165, 1.54) is 18.4 Å². The SMILES string of the molecule is CC(C)(O)CN1CCC(Cc2ccccc2)C1. The van der Waals surface area contributed by atoms with Gasteiger partial charge in [-0.3, -0.25) is 0 Å². The van der Waals surface area contributed by atoms with E-state index < -0.39 is 5.60 Å². The van der Waals surface area contributed by atoms with Crippen molar-refractivity contribution in [2.24, 2.45) is 5.92 Å². The van der Waals surface area contributed by atoms with Crippen molar-refractivity contribution in [2.75, 3.05) is 19.6 Å². The minimum atomic E-state index is -0.568. The first-order chi connectivity index (χ1) is 8.03. The van der Waals surface area contributed by atoms with Crippen LogP contribution in [0, 0.1) is 5.92 Å². The molecule has 1 fully saturated rings. The van der Waals surface area contributed by atoms with Crippen LogP contribution in [0.25, 0.3) is 0 Å². The Morgan fingerprint density at radius 1 is 1.29 bits per heavy atom. The van der Waals surface area contributed by atoms with Crippen LogP contribution in [0.15, 0.2) is 30.3 Å². The molecule has 0 aromatic heterocycles. The molecule has 0 aliphatic carbocycles. The molecule has 2 nitrogen and oxygen atoms in total. The third-order valence-corrected chi connectivity index (χ3v) is 3.35. The number of hydrogen-bond acceptors (Lipinski definition) is 2. The van der Waals surface area contributed by atoms with Gasteiger partial charge >= 0.3 is 0 Å². The zero-order valence-electron chi connectivity index (χ0n) is 10.9. The van der Waals surface area contributed by atoms with Gasteiger partial charge in [0.15, 0.2) is 0 Å². The Kier molecular flexibility index (Phi) is 3.85. The highest BCUT2D eigenvalue weighted by Crippen LogP contribution is 2.22. The topological polar surface area (TPSA) is 23.5 Å². The van der Waals surface area contributed by atoms with Crippen LogP contribution in [0.2, 0.25) is 0 Å². The highest BCUT2D eigenvalue weighted by atomic mass is 16.3. The predicted octanol–water partition coefficient (Wildman–Crippen LogP) is 2.32. The molecule has 1 heterocycles. The average Bonchev–Trinajstić information content (AvgIpc) is 2.64. The van der Waals surface area contributed by atoms with Crippen molar-refractivity contribution >= 4 is 0 Å². The van der Waals surface area contributed by atoms with Gasteiger partial charge in [-0.15, -0.1) is 0 Å². The Balaban J connectivity index is 1.82. The fourth-order valence-corrected chi connectivity index (χ4v) is 2.72. The number of rotatable bonds is 4. The molecule has 1 atom stereocenters. The van der Waals surface area contributed by atoms with E-state index in [4.69, 9.17) is 0 Å². The molecule has 0 saturated carbocycles. The first kappa shape index (κ1) is 12.6. The predicted molar refractivity (Wildman–Crippen MR) is 71.0 cm³/mol. The van der Waals surface area contributed by atoms with Crippen LogP contribution in [0.4, 0.5) is 0 Å². The summed E-state index contributed by atoms with van der Waals surface area (Å²) in [5.74, 6) is 0.750. The standard InChI is InChI=1S/C15H23NO/c1-15(2,17)12-16-9-8-14(11-16)10-13-6-4-3-5-7-13/h3-7,14,17H,8-12H2,1-2H3. The smallest absolute Gasteiger partial charge is 0.0718 e. The molecule has 1 N–H and O–H groups in total. The lowest BCUT2D eigenvalue weighted by atomic mass is 9.99. The van der Waals surface area contributed by atoms with Crippen LogP contribution in [-0.2, 0) is 6.42 Å². The summed E-state index contributed by atoms with van der Waals surface area (Å²) in [4.78, 5) is 2.38. The van der Waals surface area contributed by atoms with Crippen molar-refractivity contribution in [2.45, 2.75) is 32.3 Å². The molecule has 94 valence electrons. The minimum absolute atomic E-state index is 0.568. The normalized spacial score (nSPS) is 21.9. The van der Waals surface area contributed by atoms with Gasteiger partial charge in [0.2, 0.25) is 0 Å². The summed E-state index contributed by atoms with van der Waals surface area (Å²) in [7, 11) is 0. The highest BCUT2D eigenvalue weighted by molar-refractivity contribution is 5.15. The number of nitrogens with zero attached hydrogens (tertiary/aromatic N) is 1. The first-order valence-corrected chi connectivity index (χ1v) is 6.51. The van der Waals surface area contributed by atoms with Gasteiger partial charge in [-0.1, -0.05) is 30.3 Å². The lowest BCUT2D eigenvalue weighted by Gasteiger charge is -2.25. The molecule has 0 spiro atoms. The number of likely N-dealkylation sites (tertiary alicyclic amines) is 1. The highest BCUT2D eigenvalue weighted by Gasteiger charge is 2.26. The van der Waals surface area contributed by atoms with Crippen molar-refractivity contribution in [3.05, 3.63) is 35.9 Å². The Morgan fingerprint density at radius 3 is 2.65 bits per heavy atom. The molecule has 0 radical (unpaired) electrons. The summed E-state index contributed by atoms with van der Waals surface area (Å²) in [6.07, 6.45) is 2.42. The van der Waals surface area contributed by atoms with Gasteiger partial charge in [0.25, 0.3) is 0 Å². The Hall–Kier alpha value is -0.860. The lowest BCUT2D eigenvalue weighted by molar-refractivity contribution is 0.0428. The van der Waals surface area contributed by atoms with Crippen LogP contribution in [0.5, 0.6) is 0 Å². The van der Waals surface area contributed by atoms with Crippen LogP contribution in [0.3, 0.4) is 0 Å². The van der Waals surface area contributed by atoms with Gasteiger partial charge in [0.1, 0.15) is 0 Å². The maximum atomic E-state index is 9.81. The maximum absolute atomic E-state index is 9.81. The molecule has 2 heteroatoms. The molecule has 2 rings (SSSR count). The third kappa shape index (κ3) is 4.14. The van der Waals surface area contributed by atoms with E-state index in [-0.39, 0.29) is 0 Å². The fourth-order valence-electron chi connectivity index (χ4n) is 2.72. The summed E-state index contributed by atoms with van der Waals surface area (Å²) >= 11 is 0. The quantitative estimate of drug-likeness (QED) is 0.862. The van der Waals surface area contributed by atoms with Gasteiger partial charge in [-0.2, -0.15) is 0 Å². The molecule has 1 aliphatic rings. The van der Waals surface area contributed by atoms with Gasteiger partial charge in [0.05, 0.1) is 5.60 Å². The zero-order valence-corrected chi connectivity index (χ0v) is 10.9. The van der Waals surface area contributed by atoms with E-state index >= 15 is 0 Å². The summed E-state index contributed by atoms with van der Waals surface area (Å²) in [6, 6.07) is 10.7. The fraction of sp³-hybridized carbons (Fsp3) is 0.600. The van der Waals surface area contributed by atoms with Gasteiger partial charge in [-0.25, -0.2) is 0 Å². The second-order valence-corrected chi connectivity index (χ2v) is 5.89. The summed E-state index contributed by atoms with van der Waals surface area (Å²) in [6.45, 7) is 6.81. The van der Waals surface area contributed by atoms with Crippen LogP contribution in [0.1, 0.15) is 25.8 Å². The van der Waals surface area contributed by atoms with Crippen molar-refractivity contribution < 1.29 is 5.11 Å². The van der Waals surface area contributed by atoms with Crippen LogP contribution in [-0.4, -0.2) is 35.2 Å². The van der Waals surface area contributed by atoms with E-state index in [9.17, 15) is 5.11 Å². The van der Waals surface area contributed by atoms with E-state index in [2.05, 4.69) is 35.2 Å². The maximum Gasteiger partial charge on any atom is 0.0718 e. The first-order valence-electron chi connectivity index (χ1n) is 6.51. The summed E-state index contributed by atoms with van der Waals surface area (Å²) in [5.41, 5.74) is 0.865. The monoisotopic (exact) mass is 233 g/mol. The second kappa shape index (κ2) is 5.19. The Morgan fingerprint density at radius 2 is 2.00 bits per heavy atom. The molecule has 1 aromatic carbocycles. The molecule has 17 heavy (non-hydrogen) atoms.